The van der Waals surface area contributed by atoms with Crippen LogP contribution in [0.2, 0.25) is 0 Å². The Bertz CT molecular complexity index is 505. The smallest absolute Gasteiger partial charge is 0.260 e. The van der Waals surface area contributed by atoms with Gasteiger partial charge in [0, 0.05) is 18.7 Å². The van der Waals surface area contributed by atoms with Gasteiger partial charge in [0.1, 0.15) is 5.75 Å². The third-order valence-electron chi connectivity index (χ3n) is 4.27. The van der Waals surface area contributed by atoms with Crippen molar-refractivity contribution in [2.45, 2.75) is 44.6 Å². The van der Waals surface area contributed by atoms with Gasteiger partial charge in [0.05, 0.1) is 0 Å². The molecular weight excluding hydrogens is 280 g/mol. The Morgan fingerprint density at radius 3 is 2.27 bits per heavy atom. The fourth-order valence-corrected chi connectivity index (χ4v) is 2.81. The minimum absolute atomic E-state index is 0.00845. The van der Waals surface area contributed by atoms with E-state index in [1.165, 1.54) is 25.7 Å². The van der Waals surface area contributed by atoms with Gasteiger partial charge in [-0.25, -0.2) is 0 Å². The van der Waals surface area contributed by atoms with Crippen LogP contribution in [0.25, 0.3) is 0 Å². The second kappa shape index (κ2) is 7.82. The van der Waals surface area contributed by atoms with E-state index in [0.29, 0.717) is 17.4 Å². The van der Waals surface area contributed by atoms with Gasteiger partial charge in [-0.05, 0) is 37.1 Å². The van der Waals surface area contributed by atoms with Crippen LogP contribution in [0.15, 0.2) is 24.3 Å². The predicted molar refractivity (Wildman–Crippen MR) is 84.7 cm³/mol. The van der Waals surface area contributed by atoms with Crippen LogP contribution in [-0.2, 0) is 4.79 Å². The SMILES string of the molecule is CN(C(=O)COc1ccc(C(N)=O)cc1)C1CCCCCC1. The first kappa shape index (κ1) is 16.3. The van der Waals surface area contributed by atoms with E-state index in [1.54, 1.807) is 24.3 Å². The maximum atomic E-state index is 12.2. The molecule has 0 aliphatic heterocycles. The first-order valence-electron chi connectivity index (χ1n) is 7.86. The molecule has 0 atom stereocenters. The van der Waals surface area contributed by atoms with Crippen LogP contribution < -0.4 is 10.5 Å². The summed E-state index contributed by atoms with van der Waals surface area (Å²) >= 11 is 0. The van der Waals surface area contributed by atoms with Gasteiger partial charge in [0.2, 0.25) is 5.91 Å². The fraction of sp³-hybridized carbons (Fsp3) is 0.529. The lowest BCUT2D eigenvalue weighted by Crippen LogP contribution is -2.39. The first-order valence-corrected chi connectivity index (χ1v) is 7.86. The molecule has 1 aliphatic carbocycles. The Balaban J connectivity index is 1.84. The summed E-state index contributed by atoms with van der Waals surface area (Å²) in [6.45, 7) is 0.0168. The van der Waals surface area contributed by atoms with Crippen molar-refractivity contribution < 1.29 is 14.3 Å². The van der Waals surface area contributed by atoms with Crippen molar-refractivity contribution in [1.82, 2.24) is 4.90 Å². The summed E-state index contributed by atoms with van der Waals surface area (Å²) in [5.41, 5.74) is 5.61. The van der Waals surface area contributed by atoms with Crippen molar-refractivity contribution in [3.05, 3.63) is 29.8 Å². The van der Waals surface area contributed by atoms with Gasteiger partial charge in [-0.2, -0.15) is 0 Å². The van der Waals surface area contributed by atoms with E-state index in [2.05, 4.69) is 0 Å². The second-order valence-electron chi connectivity index (χ2n) is 5.83. The van der Waals surface area contributed by atoms with Crippen molar-refractivity contribution in [1.29, 1.82) is 0 Å². The van der Waals surface area contributed by atoms with Crippen LogP contribution in [-0.4, -0.2) is 36.4 Å². The molecule has 0 heterocycles. The molecule has 2 amide bonds. The molecule has 120 valence electrons. The van der Waals surface area contributed by atoms with E-state index in [-0.39, 0.29) is 12.5 Å². The summed E-state index contributed by atoms with van der Waals surface area (Å²) < 4.78 is 5.50. The number of nitrogens with two attached hydrogens (primary N) is 1. The van der Waals surface area contributed by atoms with Crippen LogP contribution in [0.3, 0.4) is 0 Å². The van der Waals surface area contributed by atoms with E-state index >= 15 is 0 Å². The van der Waals surface area contributed by atoms with Gasteiger partial charge in [-0.3, -0.25) is 9.59 Å². The Kier molecular flexibility index (Phi) is 5.81. The lowest BCUT2D eigenvalue weighted by atomic mass is 10.1. The van der Waals surface area contributed by atoms with E-state index in [9.17, 15) is 9.59 Å². The number of nitrogens with zero attached hydrogens (tertiary/aromatic N) is 1. The highest BCUT2D eigenvalue weighted by Gasteiger charge is 2.21. The molecule has 1 aromatic rings. The number of amides is 2. The molecule has 0 spiro atoms. The van der Waals surface area contributed by atoms with Crippen molar-refractivity contribution >= 4 is 11.8 Å². The number of carbonyl (C=O) groups is 2. The Morgan fingerprint density at radius 2 is 1.73 bits per heavy atom. The summed E-state index contributed by atoms with van der Waals surface area (Å²) in [6.07, 6.45) is 7.07. The summed E-state index contributed by atoms with van der Waals surface area (Å²) in [5.74, 6) is 0.0780. The molecule has 0 radical (unpaired) electrons. The number of ether oxygens (including phenoxy) is 1. The Morgan fingerprint density at radius 1 is 1.14 bits per heavy atom. The highest BCUT2D eigenvalue weighted by Crippen LogP contribution is 2.21. The van der Waals surface area contributed by atoms with Crippen LogP contribution >= 0.6 is 0 Å². The highest BCUT2D eigenvalue weighted by molar-refractivity contribution is 5.92. The van der Waals surface area contributed by atoms with Crippen molar-refractivity contribution in [2.75, 3.05) is 13.7 Å². The predicted octanol–water partition coefficient (Wildman–Crippen LogP) is 2.35. The maximum absolute atomic E-state index is 12.2. The lowest BCUT2D eigenvalue weighted by molar-refractivity contribution is -0.134. The van der Waals surface area contributed by atoms with Crippen molar-refractivity contribution in [3.63, 3.8) is 0 Å². The standard InChI is InChI=1S/C17H24N2O3/c1-19(14-6-4-2-3-5-7-14)16(20)12-22-15-10-8-13(9-11-15)17(18)21/h8-11,14H,2-7,12H2,1H3,(H2,18,21). The molecule has 1 aliphatic rings. The van der Waals surface area contributed by atoms with Gasteiger partial charge < -0.3 is 15.4 Å². The van der Waals surface area contributed by atoms with E-state index in [1.807, 2.05) is 11.9 Å². The highest BCUT2D eigenvalue weighted by atomic mass is 16.5. The van der Waals surface area contributed by atoms with Gasteiger partial charge in [-0.15, -0.1) is 0 Å². The Labute approximate surface area is 131 Å². The molecule has 0 bridgehead atoms. The minimum atomic E-state index is -0.476. The zero-order chi connectivity index (χ0) is 15.9. The molecule has 0 unspecified atom stereocenters. The summed E-state index contributed by atoms with van der Waals surface area (Å²) in [6, 6.07) is 6.82. The molecule has 2 rings (SSSR count). The van der Waals surface area contributed by atoms with Crippen LogP contribution in [0.1, 0.15) is 48.9 Å². The maximum Gasteiger partial charge on any atom is 0.260 e. The number of hydrogen-bond acceptors (Lipinski definition) is 3. The number of likely N-dealkylation sites (N-methyl/N-ethyl adjacent to an activating group) is 1. The molecule has 0 saturated heterocycles. The van der Waals surface area contributed by atoms with Crippen molar-refractivity contribution in [3.8, 4) is 5.75 Å². The normalized spacial score (nSPS) is 15.9. The summed E-state index contributed by atoms with van der Waals surface area (Å²) in [4.78, 5) is 25.0. The molecule has 1 fully saturated rings. The van der Waals surface area contributed by atoms with E-state index in [4.69, 9.17) is 10.5 Å². The fourth-order valence-electron chi connectivity index (χ4n) is 2.81. The average Bonchev–Trinajstić information content (AvgIpc) is 2.81. The third kappa shape index (κ3) is 4.48. The van der Waals surface area contributed by atoms with Crippen LogP contribution in [0.4, 0.5) is 0 Å². The van der Waals surface area contributed by atoms with E-state index < -0.39 is 5.91 Å². The Hall–Kier alpha value is -2.04. The molecule has 5 heteroatoms. The summed E-state index contributed by atoms with van der Waals surface area (Å²) in [5, 5.41) is 0. The van der Waals surface area contributed by atoms with Gasteiger partial charge in [0.15, 0.2) is 6.61 Å². The van der Waals surface area contributed by atoms with Gasteiger partial charge in [-0.1, -0.05) is 25.7 Å². The minimum Gasteiger partial charge on any atom is -0.484 e. The topological polar surface area (TPSA) is 72.6 Å². The molecule has 1 aromatic carbocycles. The molecule has 1 saturated carbocycles. The zero-order valence-electron chi connectivity index (χ0n) is 13.1. The number of benzene rings is 1. The van der Waals surface area contributed by atoms with Crippen LogP contribution in [0.5, 0.6) is 5.75 Å². The lowest BCUT2D eigenvalue weighted by Gasteiger charge is -2.27. The third-order valence-corrected chi connectivity index (χ3v) is 4.27. The molecule has 22 heavy (non-hydrogen) atoms. The zero-order valence-corrected chi connectivity index (χ0v) is 13.1. The molecule has 5 nitrogen and oxygen atoms in total. The summed E-state index contributed by atoms with van der Waals surface area (Å²) in [7, 11) is 1.86. The second-order valence-corrected chi connectivity index (χ2v) is 5.83. The quantitative estimate of drug-likeness (QED) is 0.849. The molecule has 0 aromatic heterocycles. The molecule has 2 N–H and O–H groups in total. The largest absolute Gasteiger partial charge is 0.484 e. The van der Waals surface area contributed by atoms with Crippen molar-refractivity contribution in [2.24, 2.45) is 5.73 Å². The average molecular weight is 304 g/mol. The van der Waals surface area contributed by atoms with Crippen LogP contribution in [0, 0.1) is 0 Å². The monoisotopic (exact) mass is 304 g/mol. The number of hydrogen-bond donors (Lipinski definition) is 1. The van der Waals surface area contributed by atoms with Gasteiger partial charge >= 0.3 is 0 Å². The first-order chi connectivity index (χ1) is 10.6. The molecular formula is C17H24N2O3. The number of rotatable bonds is 5. The number of primary amides is 1. The number of carbonyl (C=O) groups excluding carboxylic acids is 2. The van der Waals surface area contributed by atoms with Gasteiger partial charge in [0.25, 0.3) is 5.91 Å². The van der Waals surface area contributed by atoms with E-state index in [0.717, 1.165) is 12.8 Å².